The van der Waals surface area contributed by atoms with Crippen molar-refractivity contribution in [1.82, 2.24) is 5.32 Å². The van der Waals surface area contributed by atoms with Gasteiger partial charge in [-0.2, -0.15) is 11.8 Å². The Kier molecular flexibility index (Phi) is 4.64. The Hall–Kier alpha value is -0.590. The van der Waals surface area contributed by atoms with Crippen molar-refractivity contribution in [3.8, 4) is 0 Å². The first-order valence-electron chi connectivity index (χ1n) is 5.79. The molecule has 0 aliphatic carbocycles. The van der Waals surface area contributed by atoms with Crippen molar-refractivity contribution < 1.29 is 4.92 Å². The first kappa shape index (κ1) is 13.8. The number of non-ortho nitro benzene ring substituents is 1. The van der Waals surface area contributed by atoms with E-state index in [2.05, 4.69) is 21.2 Å². The number of nitro benzene ring substituents is 1. The van der Waals surface area contributed by atoms with E-state index in [0.29, 0.717) is 12.0 Å². The van der Waals surface area contributed by atoms with Crippen molar-refractivity contribution in [3.63, 3.8) is 0 Å². The van der Waals surface area contributed by atoms with E-state index in [9.17, 15) is 10.1 Å². The van der Waals surface area contributed by atoms with Crippen LogP contribution in [0.5, 0.6) is 0 Å². The lowest BCUT2D eigenvalue weighted by Crippen LogP contribution is -2.33. The SMILES string of the molecule is CNC1CSCC1Cc1ccc([N+](=O)[O-])cc1Br. The Morgan fingerprint density at radius 3 is 2.94 bits per heavy atom. The highest BCUT2D eigenvalue weighted by atomic mass is 79.9. The van der Waals surface area contributed by atoms with Crippen LogP contribution >= 0.6 is 27.7 Å². The molecule has 1 heterocycles. The van der Waals surface area contributed by atoms with Crippen LogP contribution in [0.3, 0.4) is 0 Å². The predicted molar refractivity (Wildman–Crippen MR) is 78.2 cm³/mol. The van der Waals surface area contributed by atoms with Crippen LogP contribution in [0, 0.1) is 16.0 Å². The molecule has 2 atom stereocenters. The molecule has 0 radical (unpaired) electrons. The van der Waals surface area contributed by atoms with E-state index in [0.717, 1.165) is 28.0 Å². The van der Waals surface area contributed by atoms with Crippen molar-refractivity contribution in [1.29, 1.82) is 0 Å². The number of rotatable bonds is 4. The van der Waals surface area contributed by atoms with Gasteiger partial charge in [0.05, 0.1) is 4.92 Å². The fraction of sp³-hybridized carbons (Fsp3) is 0.500. The number of thioether (sulfide) groups is 1. The Balaban J connectivity index is 2.12. The zero-order valence-corrected chi connectivity index (χ0v) is 12.5. The second-order valence-corrected chi connectivity index (χ2v) is 6.36. The van der Waals surface area contributed by atoms with Crippen LogP contribution in [-0.2, 0) is 6.42 Å². The zero-order chi connectivity index (χ0) is 13.1. The summed E-state index contributed by atoms with van der Waals surface area (Å²) < 4.78 is 0.837. The molecule has 0 aromatic heterocycles. The molecule has 0 saturated carbocycles. The smallest absolute Gasteiger partial charge is 0.270 e. The van der Waals surface area contributed by atoms with Gasteiger partial charge in [0.25, 0.3) is 5.69 Å². The summed E-state index contributed by atoms with van der Waals surface area (Å²) in [4.78, 5) is 10.3. The summed E-state index contributed by atoms with van der Waals surface area (Å²) in [5.74, 6) is 2.89. The minimum atomic E-state index is -0.365. The average molecular weight is 331 g/mol. The van der Waals surface area contributed by atoms with Crippen LogP contribution in [0.25, 0.3) is 0 Å². The largest absolute Gasteiger partial charge is 0.316 e. The number of hydrogen-bond acceptors (Lipinski definition) is 4. The third kappa shape index (κ3) is 3.05. The standard InChI is InChI=1S/C12H15BrN2O2S/c1-14-12-7-18-6-9(12)4-8-2-3-10(15(16)17)5-11(8)13/h2-3,5,9,12,14H,4,6-7H2,1H3. The quantitative estimate of drug-likeness (QED) is 0.681. The molecule has 1 N–H and O–H groups in total. The molecule has 1 saturated heterocycles. The highest BCUT2D eigenvalue weighted by molar-refractivity contribution is 9.10. The van der Waals surface area contributed by atoms with Crippen molar-refractivity contribution in [3.05, 3.63) is 38.3 Å². The van der Waals surface area contributed by atoms with Gasteiger partial charge in [-0.15, -0.1) is 0 Å². The average Bonchev–Trinajstić information content (AvgIpc) is 2.78. The molecule has 2 unspecified atom stereocenters. The lowest BCUT2D eigenvalue weighted by molar-refractivity contribution is -0.384. The summed E-state index contributed by atoms with van der Waals surface area (Å²) in [6.45, 7) is 0. The van der Waals surface area contributed by atoms with Gasteiger partial charge in [0.15, 0.2) is 0 Å². The molecule has 98 valence electrons. The first-order valence-corrected chi connectivity index (χ1v) is 7.74. The summed E-state index contributed by atoms with van der Waals surface area (Å²) in [7, 11) is 1.99. The van der Waals surface area contributed by atoms with Crippen LogP contribution in [-0.4, -0.2) is 29.5 Å². The number of nitrogens with one attached hydrogen (secondary N) is 1. The van der Waals surface area contributed by atoms with Crippen molar-refractivity contribution in [2.24, 2.45) is 5.92 Å². The summed E-state index contributed by atoms with van der Waals surface area (Å²) in [6.07, 6.45) is 0.955. The summed E-state index contributed by atoms with van der Waals surface area (Å²) in [6, 6.07) is 5.57. The van der Waals surface area contributed by atoms with Crippen LogP contribution < -0.4 is 5.32 Å². The zero-order valence-electron chi connectivity index (χ0n) is 10.1. The van der Waals surface area contributed by atoms with Gasteiger partial charge in [0, 0.05) is 28.4 Å². The molecule has 0 spiro atoms. The monoisotopic (exact) mass is 330 g/mol. The lowest BCUT2D eigenvalue weighted by atomic mass is 9.95. The van der Waals surface area contributed by atoms with E-state index >= 15 is 0 Å². The van der Waals surface area contributed by atoms with Gasteiger partial charge in [-0.1, -0.05) is 22.0 Å². The molecule has 0 bridgehead atoms. The van der Waals surface area contributed by atoms with Gasteiger partial charge in [0.2, 0.25) is 0 Å². The molecule has 18 heavy (non-hydrogen) atoms. The molecule has 2 rings (SSSR count). The maximum atomic E-state index is 10.7. The minimum absolute atomic E-state index is 0.136. The highest BCUT2D eigenvalue weighted by Crippen LogP contribution is 2.31. The molecule has 1 aliphatic heterocycles. The molecular weight excluding hydrogens is 316 g/mol. The summed E-state index contributed by atoms with van der Waals surface area (Å²) in [5.41, 5.74) is 1.28. The van der Waals surface area contributed by atoms with Crippen molar-refractivity contribution in [2.45, 2.75) is 12.5 Å². The van der Waals surface area contributed by atoms with Crippen molar-refractivity contribution >= 4 is 33.4 Å². The molecule has 0 amide bonds. The Bertz CT molecular complexity index is 456. The van der Waals surface area contributed by atoms with E-state index < -0.39 is 0 Å². The van der Waals surface area contributed by atoms with Gasteiger partial charge < -0.3 is 5.32 Å². The summed E-state index contributed by atoms with van der Waals surface area (Å²) in [5, 5.41) is 14.0. The molecule has 1 fully saturated rings. The van der Waals surface area contributed by atoms with Crippen LogP contribution in [0.2, 0.25) is 0 Å². The van der Waals surface area contributed by atoms with Gasteiger partial charge in [-0.25, -0.2) is 0 Å². The Morgan fingerprint density at radius 1 is 1.56 bits per heavy atom. The fourth-order valence-electron chi connectivity index (χ4n) is 2.22. The van der Waals surface area contributed by atoms with Gasteiger partial charge >= 0.3 is 0 Å². The molecule has 6 heteroatoms. The molecular formula is C12H15BrN2O2S. The van der Waals surface area contributed by atoms with E-state index in [1.165, 1.54) is 0 Å². The van der Waals surface area contributed by atoms with E-state index in [1.807, 2.05) is 24.9 Å². The second kappa shape index (κ2) is 6.04. The number of halogens is 1. The van der Waals surface area contributed by atoms with Crippen LogP contribution in [0.1, 0.15) is 5.56 Å². The first-order chi connectivity index (χ1) is 8.61. The van der Waals surface area contributed by atoms with Gasteiger partial charge in [-0.3, -0.25) is 10.1 Å². The van der Waals surface area contributed by atoms with Gasteiger partial charge in [0.1, 0.15) is 0 Å². The fourth-order valence-corrected chi connectivity index (χ4v) is 4.23. The lowest BCUT2D eigenvalue weighted by Gasteiger charge is -2.18. The topological polar surface area (TPSA) is 55.2 Å². The van der Waals surface area contributed by atoms with E-state index in [-0.39, 0.29) is 10.6 Å². The number of nitrogens with zero attached hydrogens (tertiary/aromatic N) is 1. The molecule has 1 aliphatic rings. The number of benzene rings is 1. The summed E-state index contributed by atoms with van der Waals surface area (Å²) >= 11 is 5.39. The number of hydrogen-bond donors (Lipinski definition) is 1. The third-order valence-corrected chi connectivity index (χ3v) is 5.30. The minimum Gasteiger partial charge on any atom is -0.316 e. The van der Waals surface area contributed by atoms with E-state index in [4.69, 9.17) is 0 Å². The molecule has 1 aromatic rings. The Morgan fingerprint density at radius 2 is 2.33 bits per heavy atom. The highest BCUT2D eigenvalue weighted by Gasteiger charge is 2.27. The molecule has 4 nitrogen and oxygen atoms in total. The van der Waals surface area contributed by atoms with E-state index in [1.54, 1.807) is 12.1 Å². The Labute approximate surface area is 119 Å². The van der Waals surface area contributed by atoms with Crippen molar-refractivity contribution in [2.75, 3.05) is 18.6 Å². The second-order valence-electron chi connectivity index (χ2n) is 4.43. The number of nitro groups is 1. The molecule has 1 aromatic carbocycles. The third-order valence-electron chi connectivity index (χ3n) is 3.30. The predicted octanol–water partition coefficient (Wildman–Crippen LogP) is 2.85. The maximum Gasteiger partial charge on any atom is 0.270 e. The van der Waals surface area contributed by atoms with Crippen LogP contribution in [0.15, 0.2) is 22.7 Å². The maximum absolute atomic E-state index is 10.7. The van der Waals surface area contributed by atoms with Crippen LogP contribution in [0.4, 0.5) is 5.69 Å². The van der Waals surface area contributed by atoms with Gasteiger partial charge in [-0.05, 0) is 30.7 Å². The normalized spacial score (nSPS) is 23.2.